The van der Waals surface area contributed by atoms with Crippen LogP contribution in [0.1, 0.15) is 88.5 Å². The van der Waals surface area contributed by atoms with Crippen molar-refractivity contribution >= 4 is 0 Å². The van der Waals surface area contributed by atoms with Gasteiger partial charge in [0.05, 0.1) is 0 Å². The first-order valence-electron chi connectivity index (χ1n) is 8.78. The third kappa shape index (κ3) is 1.45. The largest absolute Gasteiger partial charge is 0.0622 e. The van der Waals surface area contributed by atoms with Gasteiger partial charge < -0.3 is 0 Å². The van der Waals surface area contributed by atoms with Gasteiger partial charge >= 0.3 is 0 Å². The molecule has 0 heterocycles. The Morgan fingerprint density at radius 1 is 0.950 bits per heavy atom. The Kier molecular flexibility index (Phi) is 3.31. The molecule has 0 saturated heterocycles. The van der Waals surface area contributed by atoms with Crippen molar-refractivity contribution in [3.05, 3.63) is 0 Å². The molecule has 0 aromatic carbocycles. The average Bonchev–Trinajstić information content (AvgIpc) is 2.33. The fourth-order valence-electron chi connectivity index (χ4n) is 6.60. The fourth-order valence-corrected chi connectivity index (χ4v) is 6.60. The molecule has 2 aliphatic carbocycles. The number of hydrogen-bond donors (Lipinski definition) is 0. The molecule has 0 amide bonds. The lowest BCUT2D eigenvalue weighted by Crippen LogP contribution is -2.70. The van der Waals surface area contributed by atoms with Gasteiger partial charge in [-0.3, -0.25) is 0 Å². The normalized spacial score (nSPS) is 47.9. The monoisotopic (exact) mass is 278 g/mol. The molecular formula is C20H38. The molecule has 2 saturated carbocycles. The Morgan fingerprint density at radius 3 is 1.70 bits per heavy atom. The van der Waals surface area contributed by atoms with Crippen molar-refractivity contribution in [2.24, 2.45) is 38.9 Å². The van der Waals surface area contributed by atoms with Gasteiger partial charge in [0.15, 0.2) is 0 Å². The van der Waals surface area contributed by atoms with Gasteiger partial charge in [0.2, 0.25) is 0 Å². The van der Waals surface area contributed by atoms with E-state index in [-0.39, 0.29) is 0 Å². The molecule has 118 valence electrons. The summed E-state index contributed by atoms with van der Waals surface area (Å²) in [6, 6.07) is 0. The Labute approximate surface area is 128 Å². The first-order chi connectivity index (χ1) is 8.78. The van der Waals surface area contributed by atoms with Crippen LogP contribution < -0.4 is 0 Å². The molecule has 4 unspecified atom stereocenters. The van der Waals surface area contributed by atoms with E-state index in [0.717, 1.165) is 11.8 Å². The van der Waals surface area contributed by atoms with Crippen molar-refractivity contribution in [3.63, 3.8) is 0 Å². The van der Waals surface area contributed by atoms with Gasteiger partial charge in [0, 0.05) is 0 Å². The lowest BCUT2D eigenvalue weighted by atomic mass is 9.28. The number of hydrogen-bond acceptors (Lipinski definition) is 0. The summed E-state index contributed by atoms with van der Waals surface area (Å²) in [6.07, 6.45) is 4.21. The van der Waals surface area contributed by atoms with Crippen LogP contribution in [-0.4, -0.2) is 0 Å². The van der Waals surface area contributed by atoms with Crippen LogP contribution in [-0.2, 0) is 0 Å². The second-order valence-corrected chi connectivity index (χ2v) is 10.2. The van der Waals surface area contributed by atoms with Crippen LogP contribution in [0, 0.1) is 38.9 Å². The highest BCUT2D eigenvalue weighted by Gasteiger charge is 2.71. The van der Waals surface area contributed by atoms with Crippen LogP contribution >= 0.6 is 0 Å². The van der Waals surface area contributed by atoms with E-state index in [1.54, 1.807) is 0 Å². The molecule has 0 radical (unpaired) electrons. The van der Waals surface area contributed by atoms with Gasteiger partial charge in [-0.2, -0.15) is 0 Å². The quantitative estimate of drug-likeness (QED) is 0.549. The fraction of sp³-hybridized carbons (Fsp3) is 1.00. The van der Waals surface area contributed by atoms with E-state index in [4.69, 9.17) is 0 Å². The average molecular weight is 279 g/mol. The van der Waals surface area contributed by atoms with Gasteiger partial charge in [-0.25, -0.2) is 0 Å². The lowest BCUT2D eigenvalue weighted by molar-refractivity contribution is -0.281. The van der Waals surface area contributed by atoms with Gasteiger partial charge in [-0.15, -0.1) is 0 Å². The second kappa shape index (κ2) is 4.05. The predicted molar refractivity (Wildman–Crippen MR) is 89.7 cm³/mol. The van der Waals surface area contributed by atoms with E-state index in [9.17, 15) is 0 Å². The summed E-state index contributed by atoms with van der Waals surface area (Å²) in [6.45, 7) is 25.3. The second-order valence-electron chi connectivity index (χ2n) is 10.2. The van der Waals surface area contributed by atoms with E-state index in [1.165, 1.54) is 19.3 Å². The lowest BCUT2D eigenvalue weighted by Gasteiger charge is -2.76. The highest BCUT2D eigenvalue weighted by Crippen LogP contribution is 2.78. The molecule has 2 fully saturated rings. The van der Waals surface area contributed by atoms with Crippen LogP contribution in [0.2, 0.25) is 0 Å². The predicted octanol–water partition coefficient (Wildman–Crippen LogP) is 6.55. The summed E-state index contributed by atoms with van der Waals surface area (Å²) in [4.78, 5) is 0. The molecule has 4 atom stereocenters. The molecule has 0 N–H and O–H groups in total. The molecular weight excluding hydrogens is 240 g/mol. The van der Waals surface area contributed by atoms with Crippen molar-refractivity contribution in [2.45, 2.75) is 88.5 Å². The Bertz CT molecular complexity index is 402. The molecule has 20 heavy (non-hydrogen) atoms. The highest BCUT2D eigenvalue weighted by molar-refractivity contribution is 5.20. The van der Waals surface area contributed by atoms with E-state index >= 15 is 0 Å². The van der Waals surface area contributed by atoms with E-state index < -0.39 is 0 Å². The summed E-state index contributed by atoms with van der Waals surface area (Å²) in [5.74, 6) is 1.63. The van der Waals surface area contributed by atoms with Crippen LogP contribution in [0.15, 0.2) is 0 Å². The molecule has 2 rings (SSSR count). The van der Waals surface area contributed by atoms with Gasteiger partial charge in [-0.1, -0.05) is 69.2 Å². The summed E-state index contributed by atoms with van der Waals surface area (Å²) in [5.41, 5.74) is 2.29. The zero-order valence-electron chi connectivity index (χ0n) is 15.8. The maximum absolute atomic E-state index is 2.60. The molecule has 0 spiro atoms. The third-order valence-corrected chi connectivity index (χ3v) is 9.56. The Hall–Kier alpha value is 0. The smallest absolute Gasteiger partial charge is 0.0192 e. The summed E-state index contributed by atoms with van der Waals surface area (Å²) < 4.78 is 0. The Morgan fingerprint density at radius 2 is 1.45 bits per heavy atom. The van der Waals surface area contributed by atoms with E-state index in [0.29, 0.717) is 27.1 Å². The zero-order chi connectivity index (χ0) is 15.8. The van der Waals surface area contributed by atoms with Crippen molar-refractivity contribution < 1.29 is 0 Å². The van der Waals surface area contributed by atoms with Crippen LogP contribution in [0.3, 0.4) is 0 Å². The summed E-state index contributed by atoms with van der Waals surface area (Å²) in [7, 11) is 0. The van der Waals surface area contributed by atoms with Crippen molar-refractivity contribution in [1.82, 2.24) is 0 Å². The zero-order valence-corrected chi connectivity index (χ0v) is 15.8. The van der Waals surface area contributed by atoms with Crippen molar-refractivity contribution in [3.8, 4) is 0 Å². The van der Waals surface area contributed by atoms with Crippen molar-refractivity contribution in [2.75, 3.05) is 0 Å². The standard InChI is InChI=1S/C20H38/c1-14(2)18(8)11-12-19(18,9)17(6,7)20(10)15(3)13-16(20,4)5/h14-15H,11-13H2,1-10H3. The summed E-state index contributed by atoms with van der Waals surface area (Å²) >= 11 is 0. The third-order valence-electron chi connectivity index (χ3n) is 9.56. The minimum atomic E-state index is 0.387. The minimum absolute atomic E-state index is 0.387. The van der Waals surface area contributed by atoms with Crippen LogP contribution in [0.25, 0.3) is 0 Å². The number of rotatable bonds is 3. The van der Waals surface area contributed by atoms with Crippen molar-refractivity contribution in [1.29, 1.82) is 0 Å². The van der Waals surface area contributed by atoms with Crippen LogP contribution in [0.5, 0.6) is 0 Å². The molecule has 0 aromatic rings. The maximum atomic E-state index is 2.60. The first kappa shape index (κ1) is 16.4. The maximum Gasteiger partial charge on any atom is -0.0192 e. The molecule has 0 heteroatoms. The molecule has 0 nitrogen and oxygen atoms in total. The molecule has 0 bridgehead atoms. The van der Waals surface area contributed by atoms with E-state index in [2.05, 4.69) is 69.2 Å². The molecule has 0 aromatic heterocycles. The van der Waals surface area contributed by atoms with Gasteiger partial charge in [0.1, 0.15) is 0 Å². The molecule has 0 aliphatic heterocycles. The Balaban J connectivity index is 2.46. The topological polar surface area (TPSA) is 0 Å². The van der Waals surface area contributed by atoms with Crippen LogP contribution in [0.4, 0.5) is 0 Å². The first-order valence-corrected chi connectivity index (χ1v) is 8.78. The van der Waals surface area contributed by atoms with Gasteiger partial charge in [-0.05, 0) is 58.2 Å². The summed E-state index contributed by atoms with van der Waals surface area (Å²) in [5, 5.41) is 0. The van der Waals surface area contributed by atoms with E-state index in [1.807, 2.05) is 0 Å². The van der Waals surface area contributed by atoms with Gasteiger partial charge in [0.25, 0.3) is 0 Å². The highest BCUT2D eigenvalue weighted by atomic mass is 14.8. The molecule has 2 aliphatic rings. The minimum Gasteiger partial charge on any atom is -0.0622 e. The SMILES string of the molecule is CC(C)C1(C)CCC1(C)C(C)(C)C1(C)C(C)CC1(C)C.